The predicted molar refractivity (Wildman–Crippen MR) is 122 cm³/mol. The molecule has 0 saturated carbocycles. The lowest BCUT2D eigenvalue weighted by Gasteiger charge is -2.20. The second-order valence-electron chi connectivity index (χ2n) is 7.06. The molecule has 0 aliphatic carbocycles. The number of rotatable bonds is 9. The molecule has 0 unspecified atom stereocenters. The van der Waals surface area contributed by atoms with Crippen LogP contribution in [0.2, 0.25) is 0 Å². The van der Waals surface area contributed by atoms with E-state index in [1.807, 2.05) is 30.3 Å². The van der Waals surface area contributed by atoms with E-state index in [2.05, 4.69) is 4.98 Å². The Kier molecular flexibility index (Phi) is 8.26. The van der Waals surface area contributed by atoms with Crippen LogP contribution in [0.25, 0.3) is 0 Å². The lowest BCUT2D eigenvalue weighted by Crippen LogP contribution is -2.34. The summed E-state index contributed by atoms with van der Waals surface area (Å²) in [6.45, 7) is 3.29. The Labute approximate surface area is 194 Å². The molecule has 0 aliphatic rings. The molecule has 0 atom stereocenters. The summed E-state index contributed by atoms with van der Waals surface area (Å²) in [5.74, 6) is -2.01. The Morgan fingerprint density at radius 2 is 1.70 bits per heavy atom. The molecular weight excluding hydrogens is 447 g/mol. The van der Waals surface area contributed by atoms with Gasteiger partial charge in [-0.25, -0.2) is 14.2 Å². The van der Waals surface area contributed by atoms with Gasteiger partial charge in [0.2, 0.25) is 0 Å². The Balaban J connectivity index is 1.74. The van der Waals surface area contributed by atoms with Gasteiger partial charge in [0.1, 0.15) is 10.7 Å². The van der Waals surface area contributed by atoms with Gasteiger partial charge in [-0.05, 0) is 37.1 Å². The van der Waals surface area contributed by atoms with E-state index in [4.69, 9.17) is 9.47 Å². The molecule has 0 radical (unpaired) electrons. The average molecular weight is 471 g/mol. The third-order valence-electron chi connectivity index (χ3n) is 4.58. The first-order valence-electron chi connectivity index (χ1n) is 10.3. The molecule has 9 heteroatoms. The molecule has 0 spiro atoms. The Bertz CT molecular complexity index is 1120. The number of esters is 2. The maximum Gasteiger partial charge on any atom is 0.350 e. The van der Waals surface area contributed by atoms with Crippen LogP contribution >= 0.6 is 11.3 Å². The summed E-state index contributed by atoms with van der Waals surface area (Å²) in [7, 11) is 0. The number of hydrogen-bond donors (Lipinski definition) is 0. The fraction of sp³-hybridized carbons (Fsp3) is 0.250. The summed E-state index contributed by atoms with van der Waals surface area (Å²) in [5.41, 5.74) is 1.87. The quantitative estimate of drug-likeness (QED) is 0.438. The van der Waals surface area contributed by atoms with Crippen molar-refractivity contribution in [2.75, 3.05) is 18.1 Å². The Morgan fingerprint density at radius 3 is 2.36 bits per heavy atom. The number of hydrogen-bond acceptors (Lipinski definition) is 7. The van der Waals surface area contributed by atoms with Gasteiger partial charge in [-0.3, -0.25) is 14.5 Å². The van der Waals surface area contributed by atoms with E-state index in [-0.39, 0.29) is 19.6 Å². The lowest BCUT2D eigenvalue weighted by molar-refractivity contribution is -0.147. The van der Waals surface area contributed by atoms with E-state index >= 15 is 0 Å². The number of anilines is 1. The molecule has 1 amide bonds. The zero-order chi connectivity index (χ0) is 23.8. The van der Waals surface area contributed by atoms with E-state index in [1.165, 1.54) is 29.2 Å². The number of carbonyl (C=O) groups is 3. The SMILES string of the molecule is CCOC(=O)c1sc(N(Cc2ccccc2)C(=O)COC(=O)Cc2ccc(F)cc2)nc1C. The van der Waals surface area contributed by atoms with Crippen LogP contribution in [0.4, 0.5) is 9.52 Å². The zero-order valence-electron chi connectivity index (χ0n) is 18.2. The molecule has 0 N–H and O–H groups in total. The second-order valence-corrected chi connectivity index (χ2v) is 8.04. The molecule has 7 nitrogen and oxygen atoms in total. The van der Waals surface area contributed by atoms with Crippen molar-refractivity contribution in [1.29, 1.82) is 0 Å². The number of thiazole rings is 1. The molecule has 2 aromatic carbocycles. The minimum absolute atomic E-state index is 0.0877. The first kappa shape index (κ1) is 24.1. The van der Waals surface area contributed by atoms with Crippen LogP contribution in [0.5, 0.6) is 0 Å². The largest absolute Gasteiger partial charge is 0.462 e. The molecule has 0 fully saturated rings. The Morgan fingerprint density at radius 1 is 1.00 bits per heavy atom. The van der Waals surface area contributed by atoms with Gasteiger partial charge < -0.3 is 9.47 Å². The van der Waals surface area contributed by atoms with Crippen LogP contribution < -0.4 is 4.90 Å². The standard InChI is InChI=1S/C24H23FN2O5S/c1-3-31-23(30)22-16(2)26-24(33-22)27(14-18-7-5-4-6-8-18)20(28)15-32-21(29)13-17-9-11-19(25)12-10-17/h4-12H,3,13-15H2,1-2H3. The summed E-state index contributed by atoms with van der Waals surface area (Å²) < 4.78 is 23.3. The number of aromatic nitrogens is 1. The maximum absolute atomic E-state index is 13.0. The molecule has 1 aromatic heterocycles. The fourth-order valence-electron chi connectivity index (χ4n) is 2.95. The molecule has 0 bridgehead atoms. The molecule has 1 heterocycles. The van der Waals surface area contributed by atoms with Crippen molar-refractivity contribution >= 4 is 34.3 Å². The molecular formula is C24H23FN2O5S. The molecule has 172 valence electrons. The van der Waals surface area contributed by atoms with Gasteiger partial charge >= 0.3 is 11.9 Å². The summed E-state index contributed by atoms with van der Waals surface area (Å²) >= 11 is 1.04. The first-order valence-corrected chi connectivity index (χ1v) is 11.1. The van der Waals surface area contributed by atoms with Crippen LogP contribution in [-0.2, 0) is 32.0 Å². The summed E-state index contributed by atoms with van der Waals surface area (Å²) in [6.07, 6.45) is -0.0877. The van der Waals surface area contributed by atoms with E-state index in [9.17, 15) is 18.8 Å². The fourth-order valence-corrected chi connectivity index (χ4v) is 3.93. The predicted octanol–water partition coefficient (Wildman–Crippen LogP) is 4.09. The minimum Gasteiger partial charge on any atom is -0.462 e. The third-order valence-corrected chi connectivity index (χ3v) is 5.74. The molecule has 3 aromatic rings. The highest BCUT2D eigenvalue weighted by atomic mass is 32.1. The molecule has 0 aliphatic heterocycles. The first-order chi connectivity index (χ1) is 15.9. The van der Waals surface area contributed by atoms with Gasteiger partial charge in [0.05, 0.1) is 25.3 Å². The van der Waals surface area contributed by atoms with E-state index in [0.717, 1.165) is 16.9 Å². The van der Waals surface area contributed by atoms with Crippen LogP contribution in [0.3, 0.4) is 0 Å². The highest BCUT2D eigenvalue weighted by molar-refractivity contribution is 7.17. The van der Waals surface area contributed by atoms with Gasteiger partial charge in [-0.2, -0.15) is 0 Å². The third kappa shape index (κ3) is 6.69. The minimum atomic E-state index is -0.614. The highest BCUT2D eigenvalue weighted by Crippen LogP contribution is 2.28. The summed E-state index contributed by atoms with van der Waals surface area (Å²) in [5, 5.41) is 0.305. The highest BCUT2D eigenvalue weighted by Gasteiger charge is 2.25. The maximum atomic E-state index is 13.0. The van der Waals surface area contributed by atoms with E-state index in [1.54, 1.807) is 13.8 Å². The topological polar surface area (TPSA) is 85.8 Å². The number of ether oxygens (including phenoxy) is 2. The van der Waals surface area contributed by atoms with Crippen molar-refractivity contribution in [2.24, 2.45) is 0 Å². The van der Waals surface area contributed by atoms with Crippen LogP contribution in [-0.4, -0.2) is 36.0 Å². The zero-order valence-corrected chi connectivity index (χ0v) is 19.1. The number of nitrogens with zero attached hydrogens (tertiary/aromatic N) is 2. The number of benzene rings is 2. The second kappa shape index (κ2) is 11.3. The molecule has 3 rings (SSSR count). The van der Waals surface area contributed by atoms with Gasteiger partial charge in [0.25, 0.3) is 5.91 Å². The van der Waals surface area contributed by atoms with Crippen molar-refractivity contribution < 1.29 is 28.2 Å². The number of aryl methyl sites for hydroxylation is 1. The Hall–Kier alpha value is -3.59. The van der Waals surface area contributed by atoms with E-state index in [0.29, 0.717) is 21.3 Å². The van der Waals surface area contributed by atoms with Crippen molar-refractivity contribution in [3.8, 4) is 0 Å². The van der Waals surface area contributed by atoms with Crippen molar-refractivity contribution in [3.05, 3.63) is 82.1 Å². The lowest BCUT2D eigenvalue weighted by atomic mass is 10.1. The normalized spacial score (nSPS) is 10.5. The van der Waals surface area contributed by atoms with Crippen LogP contribution in [0, 0.1) is 12.7 Å². The van der Waals surface area contributed by atoms with Gasteiger partial charge in [-0.15, -0.1) is 0 Å². The number of amides is 1. The number of halogens is 1. The van der Waals surface area contributed by atoms with Crippen LogP contribution in [0.1, 0.15) is 33.4 Å². The smallest absolute Gasteiger partial charge is 0.350 e. The average Bonchev–Trinajstić information content (AvgIpc) is 3.19. The van der Waals surface area contributed by atoms with E-state index < -0.39 is 30.3 Å². The van der Waals surface area contributed by atoms with Crippen molar-refractivity contribution in [1.82, 2.24) is 4.98 Å². The van der Waals surface area contributed by atoms with Gasteiger partial charge in [-0.1, -0.05) is 53.8 Å². The van der Waals surface area contributed by atoms with Gasteiger partial charge in [0, 0.05) is 0 Å². The van der Waals surface area contributed by atoms with Crippen molar-refractivity contribution in [3.63, 3.8) is 0 Å². The van der Waals surface area contributed by atoms with Gasteiger partial charge in [0.15, 0.2) is 11.7 Å². The monoisotopic (exact) mass is 470 g/mol. The molecule has 33 heavy (non-hydrogen) atoms. The molecule has 0 saturated heterocycles. The summed E-state index contributed by atoms with van der Waals surface area (Å²) in [4.78, 5) is 43.5. The van der Waals surface area contributed by atoms with Crippen molar-refractivity contribution in [2.45, 2.75) is 26.8 Å². The summed E-state index contributed by atoms with van der Waals surface area (Å²) in [6, 6.07) is 14.7. The number of carbonyl (C=O) groups excluding carboxylic acids is 3. The van der Waals surface area contributed by atoms with Crippen LogP contribution in [0.15, 0.2) is 54.6 Å².